The Hall–Kier alpha value is -1.20. The first kappa shape index (κ1) is 14.2. The van der Waals surface area contributed by atoms with Gasteiger partial charge in [0, 0.05) is 37.5 Å². The number of carbonyl (C=O) groups is 1. The van der Waals surface area contributed by atoms with Gasteiger partial charge in [-0.2, -0.15) is 0 Å². The highest BCUT2D eigenvalue weighted by Crippen LogP contribution is 2.33. The Bertz CT molecular complexity index is 426. The lowest BCUT2D eigenvalue weighted by atomic mass is 10.2. The van der Waals surface area contributed by atoms with E-state index in [1.165, 1.54) is 10.6 Å². The number of para-hydroxylation sites is 1. The van der Waals surface area contributed by atoms with Crippen LogP contribution in [0.2, 0.25) is 0 Å². The first-order valence-corrected chi connectivity index (χ1v) is 7.52. The number of anilines is 1. The van der Waals surface area contributed by atoms with Gasteiger partial charge in [0.05, 0.1) is 12.2 Å². The molecule has 0 aliphatic carbocycles. The fourth-order valence-electron chi connectivity index (χ4n) is 2.06. The average Bonchev–Trinajstić information content (AvgIpc) is 2.44. The second-order valence-corrected chi connectivity index (χ2v) is 5.57. The summed E-state index contributed by atoms with van der Waals surface area (Å²) in [5, 5.41) is 2.93. The van der Waals surface area contributed by atoms with Gasteiger partial charge in [-0.1, -0.05) is 12.1 Å². The normalized spacial score (nSPS) is 14.1. The van der Waals surface area contributed by atoms with Gasteiger partial charge in [-0.25, -0.2) is 0 Å². The highest BCUT2D eigenvalue weighted by molar-refractivity contribution is 7.99. The molecule has 5 heteroatoms. The van der Waals surface area contributed by atoms with E-state index in [0.29, 0.717) is 19.7 Å². The highest BCUT2D eigenvalue weighted by atomic mass is 32.2. The molecule has 0 aromatic heterocycles. The van der Waals surface area contributed by atoms with Gasteiger partial charge in [-0.05, 0) is 18.6 Å². The standard InChI is InChI=1S/C14H20N2O2S/c1-18-9-4-7-15-14(17)11-16-8-10-19-13-6-3-2-5-12(13)16/h2-3,5-6H,4,7-11H2,1H3,(H,15,17). The molecule has 0 saturated heterocycles. The molecule has 0 radical (unpaired) electrons. The number of hydrogen-bond acceptors (Lipinski definition) is 4. The predicted octanol–water partition coefficient (Wildman–Crippen LogP) is 1.75. The number of amides is 1. The van der Waals surface area contributed by atoms with Crippen LogP contribution in [0, 0.1) is 0 Å². The molecule has 1 N–H and O–H groups in total. The maximum absolute atomic E-state index is 11.9. The minimum atomic E-state index is 0.0813. The summed E-state index contributed by atoms with van der Waals surface area (Å²) in [5.74, 6) is 1.12. The third-order valence-electron chi connectivity index (χ3n) is 3.01. The Morgan fingerprint density at radius 2 is 2.32 bits per heavy atom. The van der Waals surface area contributed by atoms with Crippen molar-refractivity contribution in [1.82, 2.24) is 5.32 Å². The molecule has 1 aliphatic heterocycles. The van der Waals surface area contributed by atoms with Gasteiger partial charge in [-0.3, -0.25) is 4.79 Å². The summed E-state index contributed by atoms with van der Waals surface area (Å²) in [6.07, 6.45) is 0.856. The van der Waals surface area contributed by atoms with Crippen molar-refractivity contribution in [2.75, 3.05) is 44.0 Å². The third-order valence-corrected chi connectivity index (χ3v) is 4.05. The van der Waals surface area contributed by atoms with Crippen molar-refractivity contribution < 1.29 is 9.53 Å². The lowest BCUT2D eigenvalue weighted by molar-refractivity contribution is -0.119. The second-order valence-electron chi connectivity index (χ2n) is 4.43. The molecule has 1 amide bonds. The number of fused-ring (bicyclic) bond motifs is 1. The van der Waals surface area contributed by atoms with Gasteiger partial charge in [0.15, 0.2) is 0 Å². The van der Waals surface area contributed by atoms with E-state index in [9.17, 15) is 4.79 Å². The summed E-state index contributed by atoms with van der Waals surface area (Å²) in [6, 6.07) is 8.26. The maximum atomic E-state index is 11.9. The summed E-state index contributed by atoms with van der Waals surface area (Å²) in [4.78, 5) is 15.3. The van der Waals surface area contributed by atoms with E-state index in [4.69, 9.17) is 4.74 Å². The quantitative estimate of drug-likeness (QED) is 0.806. The Morgan fingerprint density at radius 1 is 1.47 bits per heavy atom. The molecule has 0 spiro atoms. The number of rotatable bonds is 6. The summed E-state index contributed by atoms with van der Waals surface area (Å²) < 4.78 is 4.96. The smallest absolute Gasteiger partial charge is 0.239 e. The summed E-state index contributed by atoms with van der Waals surface area (Å²) >= 11 is 1.85. The van der Waals surface area contributed by atoms with Gasteiger partial charge in [0.1, 0.15) is 0 Å². The maximum Gasteiger partial charge on any atom is 0.239 e. The fraction of sp³-hybridized carbons (Fsp3) is 0.500. The van der Waals surface area contributed by atoms with E-state index in [-0.39, 0.29) is 5.91 Å². The average molecular weight is 280 g/mol. The van der Waals surface area contributed by atoms with Crippen LogP contribution >= 0.6 is 11.8 Å². The number of ether oxygens (including phenoxy) is 1. The van der Waals surface area contributed by atoms with Crippen molar-refractivity contribution in [2.45, 2.75) is 11.3 Å². The molecule has 0 fully saturated rings. The van der Waals surface area contributed by atoms with Crippen molar-refractivity contribution in [1.29, 1.82) is 0 Å². The van der Waals surface area contributed by atoms with Gasteiger partial charge >= 0.3 is 0 Å². The fourth-order valence-corrected chi connectivity index (χ4v) is 3.12. The van der Waals surface area contributed by atoms with Crippen LogP contribution in [0.1, 0.15) is 6.42 Å². The molecular formula is C14H20N2O2S. The predicted molar refractivity (Wildman–Crippen MR) is 78.9 cm³/mol. The van der Waals surface area contributed by atoms with E-state index in [1.807, 2.05) is 23.9 Å². The molecule has 1 aromatic rings. The largest absolute Gasteiger partial charge is 0.385 e. The molecule has 1 aromatic carbocycles. The Labute approximate surface area is 118 Å². The van der Waals surface area contributed by atoms with Gasteiger partial charge in [0.25, 0.3) is 0 Å². The van der Waals surface area contributed by atoms with Gasteiger partial charge in [-0.15, -0.1) is 11.8 Å². The van der Waals surface area contributed by atoms with Crippen molar-refractivity contribution in [3.63, 3.8) is 0 Å². The molecule has 0 bridgehead atoms. The van der Waals surface area contributed by atoms with E-state index in [1.54, 1.807) is 7.11 Å². The molecule has 4 nitrogen and oxygen atoms in total. The molecule has 19 heavy (non-hydrogen) atoms. The molecular weight excluding hydrogens is 260 g/mol. The second kappa shape index (κ2) is 7.40. The summed E-state index contributed by atoms with van der Waals surface area (Å²) in [6.45, 7) is 2.72. The van der Waals surface area contributed by atoms with Crippen molar-refractivity contribution >= 4 is 23.4 Å². The number of nitrogens with one attached hydrogen (secondary N) is 1. The number of hydrogen-bond donors (Lipinski definition) is 1. The van der Waals surface area contributed by atoms with Gasteiger partial charge in [0.2, 0.25) is 5.91 Å². The van der Waals surface area contributed by atoms with E-state index < -0.39 is 0 Å². The highest BCUT2D eigenvalue weighted by Gasteiger charge is 2.18. The lowest BCUT2D eigenvalue weighted by Gasteiger charge is -2.30. The van der Waals surface area contributed by atoms with Crippen LogP contribution < -0.4 is 10.2 Å². The number of thioether (sulfide) groups is 1. The molecule has 0 atom stereocenters. The van der Waals surface area contributed by atoms with Crippen LogP contribution in [0.4, 0.5) is 5.69 Å². The molecule has 0 unspecified atom stereocenters. The molecule has 2 rings (SSSR count). The van der Waals surface area contributed by atoms with E-state index in [0.717, 1.165) is 18.7 Å². The minimum Gasteiger partial charge on any atom is -0.385 e. The number of carbonyl (C=O) groups excluding carboxylic acids is 1. The third kappa shape index (κ3) is 4.14. The molecule has 1 heterocycles. The molecule has 1 aliphatic rings. The van der Waals surface area contributed by atoms with Crippen molar-refractivity contribution in [3.05, 3.63) is 24.3 Å². The van der Waals surface area contributed by atoms with Crippen LogP contribution in [-0.4, -0.2) is 45.0 Å². The first-order chi connectivity index (χ1) is 9.31. The Kier molecular flexibility index (Phi) is 5.54. The van der Waals surface area contributed by atoms with Crippen LogP contribution in [0.3, 0.4) is 0 Å². The van der Waals surface area contributed by atoms with E-state index >= 15 is 0 Å². The molecule has 0 saturated carbocycles. The SMILES string of the molecule is COCCCNC(=O)CN1CCSc2ccccc21. The van der Waals surface area contributed by atoms with Crippen LogP contribution in [0.5, 0.6) is 0 Å². The lowest BCUT2D eigenvalue weighted by Crippen LogP contribution is -2.40. The first-order valence-electron chi connectivity index (χ1n) is 6.53. The zero-order valence-electron chi connectivity index (χ0n) is 11.2. The number of nitrogens with zero attached hydrogens (tertiary/aromatic N) is 1. The Balaban J connectivity index is 1.85. The Morgan fingerprint density at radius 3 is 3.16 bits per heavy atom. The van der Waals surface area contributed by atoms with E-state index in [2.05, 4.69) is 22.3 Å². The summed E-state index contributed by atoms with van der Waals surface area (Å²) in [5.41, 5.74) is 1.17. The van der Waals surface area contributed by atoms with Gasteiger partial charge < -0.3 is 15.0 Å². The van der Waals surface area contributed by atoms with Crippen LogP contribution in [0.15, 0.2) is 29.2 Å². The zero-order valence-corrected chi connectivity index (χ0v) is 12.0. The van der Waals surface area contributed by atoms with Crippen molar-refractivity contribution in [3.8, 4) is 0 Å². The summed E-state index contributed by atoms with van der Waals surface area (Å²) in [7, 11) is 1.67. The zero-order chi connectivity index (χ0) is 13.5. The topological polar surface area (TPSA) is 41.6 Å². The number of methoxy groups -OCH3 is 1. The van der Waals surface area contributed by atoms with Crippen LogP contribution in [0.25, 0.3) is 0 Å². The number of benzene rings is 1. The monoisotopic (exact) mass is 280 g/mol. The molecule has 104 valence electrons. The van der Waals surface area contributed by atoms with Crippen molar-refractivity contribution in [2.24, 2.45) is 0 Å². The minimum absolute atomic E-state index is 0.0813. The van der Waals surface area contributed by atoms with Crippen LogP contribution in [-0.2, 0) is 9.53 Å².